The van der Waals surface area contributed by atoms with Gasteiger partial charge in [0.1, 0.15) is 17.3 Å². The van der Waals surface area contributed by atoms with Crippen LogP contribution in [0, 0.1) is 21.4 Å². The average molecular weight is 249 g/mol. The number of nitrogens with zero attached hydrogens (tertiary/aromatic N) is 3. The molecule has 0 unspecified atom stereocenters. The molecular weight excluding hydrogens is 234 g/mol. The van der Waals surface area contributed by atoms with Crippen LogP contribution in [0.15, 0.2) is 18.2 Å². The molecule has 1 aromatic rings. The van der Waals surface area contributed by atoms with E-state index in [1.165, 1.54) is 6.07 Å². The number of nitro groups is 1. The molecular formula is C12H15N3O3. The Balaban J connectivity index is 3.21. The van der Waals surface area contributed by atoms with Crippen LogP contribution < -0.4 is 4.90 Å². The number of hydrogen-bond donors (Lipinski definition) is 1. The highest BCUT2D eigenvalue weighted by atomic mass is 16.6. The van der Waals surface area contributed by atoms with Gasteiger partial charge in [0.05, 0.1) is 4.92 Å². The van der Waals surface area contributed by atoms with Gasteiger partial charge < -0.3 is 10.0 Å². The first kappa shape index (κ1) is 13.9. The summed E-state index contributed by atoms with van der Waals surface area (Å²) in [5, 5.41) is 28.8. The molecule has 18 heavy (non-hydrogen) atoms. The van der Waals surface area contributed by atoms with Crippen molar-refractivity contribution in [2.75, 3.05) is 24.6 Å². The Morgan fingerprint density at radius 2 is 2.28 bits per heavy atom. The molecule has 1 rings (SSSR count). The van der Waals surface area contributed by atoms with Gasteiger partial charge in [-0.3, -0.25) is 10.1 Å². The quantitative estimate of drug-likeness (QED) is 0.611. The van der Waals surface area contributed by atoms with Crippen LogP contribution in [0.3, 0.4) is 0 Å². The minimum atomic E-state index is -0.532. The summed E-state index contributed by atoms with van der Waals surface area (Å²) in [6, 6.07) is 6.52. The van der Waals surface area contributed by atoms with E-state index in [-0.39, 0.29) is 17.9 Å². The van der Waals surface area contributed by atoms with Gasteiger partial charge in [-0.1, -0.05) is 6.07 Å². The zero-order valence-electron chi connectivity index (χ0n) is 10.2. The Morgan fingerprint density at radius 3 is 2.78 bits per heavy atom. The maximum absolute atomic E-state index is 11.1. The number of rotatable bonds is 6. The molecule has 96 valence electrons. The number of nitro benzene ring substituents is 1. The summed E-state index contributed by atoms with van der Waals surface area (Å²) in [5.41, 5.74) is 0.315. The van der Waals surface area contributed by atoms with Gasteiger partial charge in [-0.2, -0.15) is 5.26 Å². The first-order chi connectivity index (χ1) is 8.65. The zero-order valence-corrected chi connectivity index (χ0v) is 10.2. The monoisotopic (exact) mass is 249 g/mol. The second-order valence-electron chi connectivity index (χ2n) is 3.70. The van der Waals surface area contributed by atoms with E-state index >= 15 is 0 Å². The van der Waals surface area contributed by atoms with Crippen LogP contribution in [0.5, 0.6) is 0 Å². The van der Waals surface area contributed by atoms with Crippen LogP contribution in [0.4, 0.5) is 11.4 Å². The molecule has 1 aromatic carbocycles. The van der Waals surface area contributed by atoms with Crippen molar-refractivity contribution in [3.8, 4) is 6.07 Å². The second-order valence-corrected chi connectivity index (χ2v) is 3.70. The van der Waals surface area contributed by atoms with Gasteiger partial charge in [0, 0.05) is 19.7 Å². The lowest BCUT2D eigenvalue weighted by Crippen LogP contribution is -2.25. The van der Waals surface area contributed by atoms with Crippen molar-refractivity contribution in [2.24, 2.45) is 0 Å². The zero-order chi connectivity index (χ0) is 13.5. The SMILES string of the molecule is CCN(CCCO)c1cccc(C#N)c1[N+](=O)[O-]. The normalized spacial score (nSPS) is 9.83. The molecule has 0 bridgehead atoms. The summed E-state index contributed by atoms with van der Waals surface area (Å²) in [6.45, 7) is 3.00. The number of para-hydroxylation sites is 1. The van der Waals surface area contributed by atoms with Crippen molar-refractivity contribution < 1.29 is 10.0 Å². The van der Waals surface area contributed by atoms with E-state index < -0.39 is 4.92 Å². The minimum absolute atomic E-state index is 0.0300. The van der Waals surface area contributed by atoms with Crippen LogP contribution in [-0.4, -0.2) is 29.7 Å². The summed E-state index contributed by atoms with van der Waals surface area (Å²) in [7, 11) is 0. The van der Waals surface area contributed by atoms with Crippen molar-refractivity contribution >= 4 is 11.4 Å². The fourth-order valence-electron chi connectivity index (χ4n) is 1.78. The molecule has 0 fully saturated rings. The third-order valence-corrected chi connectivity index (χ3v) is 2.63. The molecule has 0 saturated carbocycles. The molecule has 0 aromatic heterocycles. The third-order valence-electron chi connectivity index (χ3n) is 2.63. The summed E-state index contributed by atoms with van der Waals surface area (Å²) in [6.07, 6.45) is 0.530. The highest BCUT2D eigenvalue weighted by Crippen LogP contribution is 2.31. The van der Waals surface area contributed by atoms with Gasteiger partial charge in [-0.25, -0.2) is 0 Å². The highest BCUT2D eigenvalue weighted by Gasteiger charge is 2.22. The summed E-state index contributed by atoms with van der Waals surface area (Å²) in [4.78, 5) is 12.3. The van der Waals surface area contributed by atoms with E-state index in [9.17, 15) is 10.1 Å². The average Bonchev–Trinajstić information content (AvgIpc) is 2.38. The fraction of sp³-hybridized carbons (Fsp3) is 0.417. The first-order valence-electron chi connectivity index (χ1n) is 5.69. The van der Waals surface area contributed by atoms with Gasteiger partial charge in [-0.15, -0.1) is 0 Å². The van der Waals surface area contributed by atoms with E-state index in [1.807, 2.05) is 13.0 Å². The number of hydrogen-bond acceptors (Lipinski definition) is 5. The van der Waals surface area contributed by atoms with Crippen LogP contribution in [0.25, 0.3) is 0 Å². The number of nitriles is 1. The standard InChI is InChI=1S/C12H15N3O3/c1-2-14(7-4-8-16)11-6-3-5-10(9-13)12(11)15(17)18/h3,5-6,16H,2,4,7-8H2,1H3. The van der Waals surface area contributed by atoms with Crippen molar-refractivity contribution in [2.45, 2.75) is 13.3 Å². The molecule has 0 aliphatic heterocycles. The number of anilines is 1. The van der Waals surface area contributed by atoms with Crippen molar-refractivity contribution in [1.29, 1.82) is 5.26 Å². The second kappa shape index (κ2) is 6.57. The predicted octanol–water partition coefficient (Wildman–Crippen LogP) is 1.68. The highest BCUT2D eigenvalue weighted by molar-refractivity contribution is 5.69. The van der Waals surface area contributed by atoms with Crippen molar-refractivity contribution in [1.82, 2.24) is 0 Å². The van der Waals surface area contributed by atoms with E-state index in [2.05, 4.69) is 0 Å². The molecule has 1 N–H and O–H groups in total. The van der Waals surface area contributed by atoms with Gasteiger partial charge in [-0.05, 0) is 25.5 Å². The van der Waals surface area contributed by atoms with E-state index in [4.69, 9.17) is 10.4 Å². The smallest absolute Gasteiger partial charge is 0.310 e. The van der Waals surface area contributed by atoms with Gasteiger partial charge >= 0.3 is 5.69 Å². The Morgan fingerprint density at radius 1 is 1.56 bits per heavy atom. The number of benzene rings is 1. The third kappa shape index (κ3) is 2.96. The lowest BCUT2D eigenvalue weighted by atomic mass is 10.1. The molecule has 0 saturated heterocycles. The van der Waals surface area contributed by atoms with Crippen LogP contribution in [-0.2, 0) is 0 Å². The summed E-state index contributed by atoms with van der Waals surface area (Å²) in [5.74, 6) is 0. The Bertz CT molecular complexity index is 468. The fourth-order valence-corrected chi connectivity index (χ4v) is 1.78. The van der Waals surface area contributed by atoms with Gasteiger partial charge in [0.2, 0.25) is 0 Å². The molecule has 6 nitrogen and oxygen atoms in total. The molecule has 0 aliphatic rings. The molecule has 0 atom stereocenters. The molecule has 0 radical (unpaired) electrons. The minimum Gasteiger partial charge on any atom is -0.396 e. The Kier molecular flexibility index (Phi) is 5.08. The molecule has 0 spiro atoms. The van der Waals surface area contributed by atoms with Crippen molar-refractivity contribution in [3.63, 3.8) is 0 Å². The maximum atomic E-state index is 11.1. The molecule has 0 heterocycles. The summed E-state index contributed by atoms with van der Waals surface area (Å²) >= 11 is 0. The lowest BCUT2D eigenvalue weighted by Gasteiger charge is -2.22. The molecule has 6 heteroatoms. The lowest BCUT2D eigenvalue weighted by molar-refractivity contribution is -0.384. The van der Waals surface area contributed by atoms with Gasteiger partial charge in [0.25, 0.3) is 0 Å². The van der Waals surface area contributed by atoms with E-state index in [1.54, 1.807) is 17.0 Å². The summed E-state index contributed by atoms with van der Waals surface area (Å²) < 4.78 is 0. The van der Waals surface area contributed by atoms with E-state index in [0.717, 1.165) is 0 Å². The predicted molar refractivity (Wildman–Crippen MR) is 67.4 cm³/mol. The van der Waals surface area contributed by atoms with Crippen molar-refractivity contribution in [3.05, 3.63) is 33.9 Å². The molecule has 0 aliphatic carbocycles. The van der Waals surface area contributed by atoms with Crippen LogP contribution >= 0.6 is 0 Å². The number of aliphatic hydroxyl groups excluding tert-OH is 1. The topological polar surface area (TPSA) is 90.4 Å². The first-order valence-corrected chi connectivity index (χ1v) is 5.69. The maximum Gasteiger partial charge on any atom is 0.310 e. The van der Waals surface area contributed by atoms with Crippen LogP contribution in [0.1, 0.15) is 18.9 Å². The number of aliphatic hydroxyl groups is 1. The van der Waals surface area contributed by atoms with Crippen LogP contribution in [0.2, 0.25) is 0 Å². The molecule has 0 amide bonds. The Labute approximate surface area is 105 Å². The Hall–Kier alpha value is -2.13. The van der Waals surface area contributed by atoms with E-state index in [0.29, 0.717) is 25.2 Å². The van der Waals surface area contributed by atoms with Gasteiger partial charge in [0.15, 0.2) is 0 Å². The largest absolute Gasteiger partial charge is 0.396 e.